The Morgan fingerprint density at radius 3 is 3.13 bits per heavy atom. The fraction of sp³-hybridized carbons (Fsp3) is 0.462. The van der Waals surface area contributed by atoms with Gasteiger partial charge in [0.1, 0.15) is 5.82 Å². The largest absolute Gasteiger partial charge is 0.370 e. The van der Waals surface area contributed by atoms with Crippen molar-refractivity contribution in [2.45, 2.75) is 26.2 Å². The van der Waals surface area contributed by atoms with Gasteiger partial charge in [-0.05, 0) is 49.8 Å². The van der Waals surface area contributed by atoms with Gasteiger partial charge in [-0.15, -0.1) is 0 Å². The molecule has 1 unspecified atom stereocenters. The molecule has 1 aromatic heterocycles. The van der Waals surface area contributed by atoms with Crippen LogP contribution in [0.2, 0.25) is 0 Å². The summed E-state index contributed by atoms with van der Waals surface area (Å²) in [6.45, 7) is 3.14. The number of aryl methyl sites for hydroxylation is 1. The Kier molecular flexibility index (Phi) is 3.38. The normalized spacial score (nSPS) is 20.2. The molecule has 0 amide bonds. The van der Waals surface area contributed by atoms with Gasteiger partial charge < -0.3 is 5.32 Å². The molecule has 0 bridgehead atoms. The third kappa shape index (κ3) is 3.08. The van der Waals surface area contributed by atoms with E-state index in [4.69, 9.17) is 0 Å². The molecule has 2 rings (SSSR count). The number of aromatic nitrogens is 1. The molecule has 1 aromatic rings. The molecule has 80 valence electrons. The highest BCUT2D eigenvalue weighted by Gasteiger charge is 2.09. The second-order valence-corrected chi connectivity index (χ2v) is 4.25. The molecule has 1 aliphatic rings. The quantitative estimate of drug-likeness (QED) is 0.761. The lowest BCUT2D eigenvalue weighted by Gasteiger charge is -2.18. The van der Waals surface area contributed by atoms with Crippen molar-refractivity contribution in [3.8, 4) is 0 Å². The van der Waals surface area contributed by atoms with Crippen LogP contribution in [0.25, 0.3) is 0 Å². The average molecular weight is 202 g/mol. The Labute approximate surface area is 91.4 Å². The summed E-state index contributed by atoms with van der Waals surface area (Å²) in [5, 5.41) is 3.41. The maximum Gasteiger partial charge on any atom is 0.126 e. The second kappa shape index (κ2) is 4.96. The Morgan fingerprint density at radius 2 is 2.40 bits per heavy atom. The molecular formula is C13H18N2. The fourth-order valence-corrected chi connectivity index (χ4v) is 1.92. The number of hydrogen-bond donors (Lipinski definition) is 1. The van der Waals surface area contributed by atoms with E-state index in [1.807, 2.05) is 12.3 Å². The van der Waals surface area contributed by atoms with Crippen molar-refractivity contribution >= 4 is 5.82 Å². The zero-order valence-corrected chi connectivity index (χ0v) is 9.24. The van der Waals surface area contributed by atoms with Gasteiger partial charge in [0.25, 0.3) is 0 Å². The van der Waals surface area contributed by atoms with Crippen LogP contribution in [0.4, 0.5) is 5.82 Å². The van der Waals surface area contributed by atoms with Crippen molar-refractivity contribution in [3.05, 3.63) is 36.0 Å². The Balaban J connectivity index is 1.84. The number of nitrogens with zero attached hydrogens (tertiary/aromatic N) is 1. The highest BCUT2D eigenvalue weighted by molar-refractivity contribution is 5.36. The predicted molar refractivity (Wildman–Crippen MR) is 63.9 cm³/mol. The van der Waals surface area contributed by atoms with Crippen molar-refractivity contribution < 1.29 is 0 Å². The minimum atomic E-state index is 0.775. The van der Waals surface area contributed by atoms with Crippen molar-refractivity contribution in [1.82, 2.24) is 4.98 Å². The molecule has 15 heavy (non-hydrogen) atoms. The van der Waals surface area contributed by atoms with Gasteiger partial charge in [0.2, 0.25) is 0 Å². The molecular weight excluding hydrogens is 184 g/mol. The van der Waals surface area contributed by atoms with Crippen molar-refractivity contribution in [2.75, 3.05) is 11.9 Å². The van der Waals surface area contributed by atoms with E-state index in [0.29, 0.717) is 0 Å². The van der Waals surface area contributed by atoms with Crippen LogP contribution in [0.3, 0.4) is 0 Å². The molecule has 0 radical (unpaired) electrons. The van der Waals surface area contributed by atoms with Gasteiger partial charge in [0.15, 0.2) is 0 Å². The number of anilines is 1. The average Bonchev–Trinajstić information content (AvgIpc) is 2.28. The summed E-state index contributed by atoms with van der Waals surface area (Å²) in [5.74, 6) is 1.78. The third-order valence-corrected chi connectivity index (χ3v) is 2.86. The molecule has 2 heteroatoms. The minimum absolute atomic E-state index is 0.775. The molecule has 0 fully saturated rings. The van der Waals surface area contributed by atoms with Crippen LogP contribution in [0, 0.1) is 12.8 Å². The van der Waals surface area contributed by atoms with Crippen LogP contribution in [-0.4, -0.2) is 11.5 Å². The number of nitrogens with one attached hydrogen (secondary N) is 1. The van der Waals surface area contributed by atoms with E-state index >= 15 is 0 Å². The highest BCUT2D eigenvalue weighted by Crippen LogP contribution is 2.18. The van der Waals surface area contributed by atoms with E-state index in [9.17, 15) is 0 Å². The zero-order chi connectivity index (χ0) is 10.5. The van der Waals surface area contributed by atoms with E-state index in [2.05, 4.69) is 35.4 Å². The number of pyridine rings is 1. The first-order chi connectivity index (χ1) is 7.34. The fourth-order valence-electron chi connectivity index (χ4n) is 1.92. The Bertz CT molecular complexity index is 344. The molecule has 0 spiro atoms. The summed E-state index contributed by atoms with van der Waals surface area (Å²) >= 11 is 0. The monoisotopic (exact) mass is 202 g/mol. The van der Waals surface area contributed by atoms with Gasteiger partial charge >= 0.3 is 0 Å². The SMILES string of the molecule is Cc1ccnc(NCC2CC=CCC2)c1. The van der Waals surface area contributed by atoms with Gasteiger partial charge in [0, 0.05) is 12.7 Å². The van der Waals surface area contributed by atoms with Crippen LogP contribution in [0.15, 0.2) is 30.5 Å². The van der Waals surface area contributed by atoms with Crippen molar-refractivity contribution in [1.29, 1.82) is 0 Å². The molecule has 1 heterocycles. The summed E-state index contributed by atoms with van der Waals surface area (Å²) in [5.41, 5.74) is 1.26. The Hall–Kier alpha value is -1.31. The van der Waals surface area contributed by atoms with Gasteiger partial charge in [-0.1, -0.05) is 12.2 Å². The van der Waals surface area contributed by atoms with E-state index < -0.39 is 0 Å². The van der Waals surface area contributed by atoms with Crippen LogP contribution >= 0.6 is 0 Å². The molecule has 2 nitrogen and oxygen atoms in total. The minimum Gasteiger partial charge on any atom is -0.370 e. The van der Waals surface area contributed by atoms with Crippen molar-refractivity contribution in [3.63, 3.8) is 0 Å². The van der Waals surface area contributed by atoms with E-state index in [1.54, 1.807) is 0 Å². The zero-order valence-electron chi connectivity index (χ0n) is 9.24. The first kappa shape index (κ1) is 10.2. The molecule has 0 saturated carbocycles. The Morgan fingerprint density at radius 1 is 1.47 bits per heavy atom. The first-order valence-electron chi connectivity index (χ1n) is 5.66. The standard InChI is InChI=1S/C13H18N2/c1-11-7-8-14-13(9-11)15-10-12-5-3-2-4-6-12/h2-3,7-9,12H,4-6,10H2,1H3,(H,14,15). The number of hydrogen-bond acceptors (Lipinski definition) is 2. The number of rotatable bonds is 3. The lowest BCUT2D eigenvalue weighted by Crippen LogP contribution is -2.15. The second-order valence-electron chi connectivity index (χ2n) is 4.25. The van der Waals surface area contributed by atoms with E-state index in [-0.39, 0.29) is 0 Å². The molecule has 1 atom stereocenters. The summed E-state index contributed by atoms with van der Waals surface area (Å²) < 4.78 is 0. The summed E-state index contributed by atoms with van der Waals surface area (Å²) in [6, 6.07) is 4.12. The van der Waals surface area contributed by atoms with Crippen molar-refractivity contribution in [2.24, 2.45) is 5.92 Å². The van der Waals surface area contributed by atoms with Crippen LogP contribution in [0.1, 0.15) is 24.8 Å². The van der Waals surface area contributed by atoms with Gasteiger partial charge in [-0.2, -0.15) is 0 Å². The van der Waals surface area contributed by atoms with Crippen LogP contribution in [0.5, 0.6) is 0 Å². The van der Waals surface area contributed by atoms with Gasteiger partial charge in [0.05, 0.1) is 0 Å². The topological polar surface area (TPSA) is 24.9 Å². The third-order valence-electron chi connectivity index (χ3n) is 2.86. The van der Waals surface area contributed by atoms with E-state index in [0.717, 1.165) is 18.3 Å². The molecule has 0 aromatic carbocycles. The molecule has 0 saturated heterocycles. The maximum atomic E-state index is 4.29. The maximum absolute atomic E-state index is 4.29. The lowest BCUT2D eigenvalue weighted by molar-refractivity contribution is 0.503. The summed E-state index contributed by atoms with van der Waals surface area (Å²) in [7, 11) is 0. The first-order valence-corrected chi connectivity index (χ1v) is 5.66. The van der Waals surface area contributed by atoms with Crippen LogP contribution < -0.4 is 5.32 Å². The number of allylic oxidation sites excluding steroid dienone is 2. The van der Waals surface area contributed by atoms with Gasteiger partial charge in [-0.25, -0.2) is 4.98 Å². The highest BCUT2D eigenvalue weighted by atomic mass is 15.0. The summed E-state index contributed by atoms with van der Waals surface area (Å²) in [6.07, 6.45) is 10.2. The van der Waals surface area contributed by atoms with Crippen LogP contribution in [-0.2, 0) is 0 Å². The molecule has 1 aliphatic carbocycles. The molecule has 0 aliphatic heterocycles. The van der Waals surface area contributed by atoms with E-state index in [1.165, 1.54) is 24.8 Å². The lowest BCUT2D eigenvalue weighted by atomic mass is 9.94. The van der Waals surface area contributed by atoms with Gasteiger partial charge in [-0.3, -0.25) is 0 Å². The summed E-state index contributed by atoms with van der Waals surface area (Å²) in [4.78, 5) is 4.29. The predicted octanol–water partition coefficient (Wildman–Crippen LogP) is 3.16. The molecule has 1 N–H and O–H groups in total. The smallest absolute Gasteiger partial charge is 0.126 e.